The second-order valence-electron chi connectivity index (χ2n) is 5.48. The van der Waals surface area contributed by atoms with Gasteiger partial charge in [-0.25, -0.2) is 4.68 Å². The summed E-state index contributed by atoms with van der Waals surface area (Å²) >= 11 is 1.29. The number of carbonyl (C=O) groups is 2. The van der Waals surface area contributed by atoms with Crippen molar-refractivity contribution in [2.24, 2.45) is 5.92 Å². The molecule has 9 heteroatoms. The molecule has 1 heterocycles. The maximum atomic E-state index is 12.0. The Morgan fingerprint density at radius 2 is 2.14 bits per heavy atom. The molecule has 3 rings (SSSR count). The molecule has 0 spiro atoms. The Kier molecular flexibility index (Phi) is 4.09. The lowest BCUT2D eigenvalue weighted by Gasteiger charge is -2.17. The zero-order valence-electron chi connectivity index (χ0n) is 11.4. The van der Waals surface area contributed by atoms with Gasteiger partial charge >= 0.3 is 5.97 Å². The molecular formula is C12H17N5O3S. The number of nitrogens with zero attached hydrogens (tertiary/aromatic N) is 4. The number of thioether (sulfide) groups is 1. The number of hydrogen-bond donors (Lipinski definition) is 2. The van der Waals surface area contributed by atoms with Crippen LogP contribution < -0.4 is 5.32 Å². The minimum atomic E-state index is -0.830. The van der Waals surface area contributed by atoms with Crippen LogP contribution in [0.2, 0.25) is 0 Å². The summed E-state index contributed by atoms with van der Waals surface area (Å²) in [7, 11) is 0. The molecule has 2 aliphatic rings. The summed E-state index contributed by atoms with van der Waals surface area (Å²) in [5.41, 5.74) is 0. The molecule has 0 aromatic carbocycles. The summed E-state index contributed by atoms with van der Waals surface area (Å²) < 4.78 is 1.76. The van der Waals surface area contributed by atoms with E-state index in [9.17, 15) is 9.59 Å². The first-order chi connectivity index (χ1) is 10.1. The third kappa shape index (κ3) is 3.34. The van der Waals surface area contributed by atoms with Gasteiger partial charge in [-0.1, -0.05) is 18.2 Å². The summed E-state index contributed by atoms with van der Waals surface area (Å²) in [6.45, 7) is 0. The van der Waals surface area contributed by atoms with E-state index in [4.69, 9.17) is 5.11 Å². The minimum absolute atomic E-state index is 0.163. The van der Waals surface area contributed by atoms with E-state index in [1.165, 1.54) is 11.8 Å². The molecule has 2 atom stereocenters. The van der Waals surface area contributed by atoms with Gasteiger partial charge in [-0.15, -0.1) is 5.10 Å². The van der Waals surface area contributed by atoms with Crippen molar-refractivity contribution in [2.75, 3.05) is 5.75 Å². The normalized spacial score (nSPS) is 25.0. The quantitative estimate of drug-likeness (QED) is 0.735. The molecule has 1 aromatic heterocycles. The first-order valence-corrected chi connectivity index (χ1v) is 8.06. The Hall–Kier alpha value is -1.64. The number of aliphatic carboxylic acids is 1. The predicted octanol–water partition coefficient (Wildman–Crippen LogP) is 0.470. The van der Waals surface area contributed by atoms with E-state index in [0.717, 1.165) is 25.7 Å². The van der Waals surface area contributed by atoms with Gasteiger partial charge in [-0.05, 0) is 36.1 Å². The van der Waals surface area contributed by atoms with Gasteiger partial charge < -0.3 is 10.4 Å². The summed E-state index contributed by atoms with van der Waals surface area (Å²) in [5, 5.41) is 24.0. The molecule has 2 unspecified atom stereocenters. The van der Waals surface area contributed by atoms with E-state index in [-0.39, 0.29) is 17.7 Å². The Bertz CT molecular complexity index is 545. The second kappa shape index (κ2) is 6.00. The number of nitrogens with one attached hydrogen (secondary N) is 1. The molecule has 0 bridgehead atoms. The fraction of sp³-hybridized carbons (Fsp3) is 0.750. The Morgan fingerprint density at radius 1 is 1.33 bits per heavy atom. The highest BCUT2D eigenvalue weighted by atomic mass is 32.2. The molecule has 0 aliphatic heterocycles. The highest BCUT2D eigenvalue weighted by Gasteiger charge is 2.34. The Morgan fingerprint density at radius 3 is 2.86 bits per heavy atom. The van der Waals surface area contributed by atoms with Crippen LogP contribution in [0, 0.1) is 5.92 Å². The van der Waals surface area contributed by atoms with Crippen molar-refractivity contribution in [3.05, 3.63) is 0 Å². The van der Waals surface area contributed by atoms with Gasteiger partial charge in [0.2, 0.25) is 11.1 Å². The van der Waals surface area contributed by atoms with E-state index in [1.807, 2.05) is 0 Å². The molecule has 1 aromatic rings. The lowest BCUT2D eigenvalue weighted by molar-refractivity contribution is -0.142. The number of carboxylic acids is 1. The SMILES string of the molecule is O=C(CSc1nnnn1C1CC1)NC1CCCC1C(=O)O. The standard InChI is InChI=1S/C12H17N5O3S/c18-10(13-9-3-1-2-8(9)11(19)20)6-21-12-14-15-16-17(12)7-4-5-7/h7-9H,1-6H2,(H,13,18)(H,19,20). The van der Waals surface area contributed by atoms with Gasteiger partial charge in [-0.3, -0.25) is 9.59 Å². The Labute approximate surface area is 125 Å². The van der Waals surface area contributed by atoms with E-state index in [0.29, 0.717) is 17.6 Å². The van der Waals surface area contributed by atoms with Crippen LogP contribution in [-0.4, -0.2) is 49.0 Å². The molecule has 2 aliphatic carbocycles. The van der Waals surface area contributed by atoms with Gasteiger partial charge in [0.25, 0.3) is 0 Å². The van der Waals surface area contributed by atoms with Crippen LogP contribution in [0.1, 0.15) is 38.1 Å². The topological polar surface area (TPSA) is 110 Å². The number of rotatable bonds is 6. The molecular weight excluding hydrogens is 294 g/mol. The fourth-order valence-corrected chi connectivity index (χ4v) is 3.39. The third-order valence-corrected chi connectivity index (χ3v) is 4.80. The molecule has 2 saturated carbocycles. The lowest BCUT2D eigenvalue weighted by atomic mass is 10.0. The monoisotopic (exact) mass is 311 g/mol. The molecule has 0 saturated heterocycles. The maximum absolute atomic E-state index is 12.0. The van der Waals surface area contributed by atoms with E-state index in [1.54, 1.807) is 4.68 Å². The third-order valence-electron chi connectivity index (χ3n) is 3.87. The van der Waals surface area contributed by atoms with Crippen molar-refractivity contribution in [1.82, 2.24) is 25.5 Å². The molecule has 0 radical (unpaired) electrons. The van der Waals surface area contributed by atoms with Crippen molar-refractivity contribution in [1.29, 1.82) is 0 Å². The number of tetrazole rings is 1. The summed E-state index contributed by atoms with van der Waals surface area (Å²) in [5.74, 6) is -1.25. The molecule has 2 N–H and O–H groups in total. The minimum Gasteiger partial charge on any atom is -0.481 e. The number of hydrogen-bond acceptors (Lipinski definition) is 6. The van der Waals surface area contributed by atoms with Gasteiger partial charge in [0.05, 0.1) is 17.7 Å². The average molecular weight is 311 g/mol. The van der Waals surface area contributed by atoms with Gasteiger partial charge in [-0.2, -0.15) is 0 Å². The van der Waals surface area contributed by atoms with Crippen molar-refractivity contribution in [2.45, 2.75) is 49.3 Å². The lowest BCUT2D eigenvalue weighted by Crippen LogP contribution is -2.41. The highest BCUT2D eigenvalue weighted by molar-refractivity contribution is 7.99. The summed E-state index contributed by atoms with van der Waals surface area (Å²) in [4.78, 5) is 23.0. The maximum Gasteiger partial charge on any atom is 0.308 e. The van der Waals surface area contributed by atoms with Crippen molar-refractivity contribution in [3.63, 3.8) is 0 Å². The van der Waals surface area contributed by atoms with E-state index < -0.39 is 11.9 Å². The van der Waals surface area contributed by atoms with Crippen LogP contribution in [0.25, 0.3) is 0 Å². The molecule has 1 amide bonds. The highest BCUT2D eigenvalue weighted by Crippen LogP contribution is 2.36. The second-order valence-corrected chi connectivity index (χ2v) is 6.42. The van der Waals surface area contributed by atoms with Crippen LogP contribution in [0.5, 0.6) is 0 Å². The first kappa shape index (κ1) is 14.3. The van der Waals surface area contributed by atoms with Gasteiger partial charge in [0, 0.05) is 6.04 Å². The summed E-state index contributed by atoms with van der Waals surface area (Å²) in [6.07, 6.45) is 4.36. The van der Waals surface area contributed by atoms with Gasteiger partial charge in [0.15, 0.2) is 0 Å². The predicted molar refractivity (Wildman–Crippen MR) is 73.7 cm³/mol. The molecule has 21 heavy (non-hydrogen) atoms. The zero-order chi connectivity index (χ0) is 14.8. The van der Waals surface area contributed by atoms with Crippen LogP contribution in [0.4, 0.5) is 0 Å². The van der Waals surface area contributed by atoms with Crippen LogP contribution >= 0.6 is 11.8 Å². The van der Waals surface area contributed by atoms with Gasteiger partial charge in [0.1, 0.15) is 0 Å². The fourth-order valence-electron chi connectivity index (χ4n) is 2.64. The van der Waals surface area contributed by atoms with E-state index >= 15 is 0 Å². The number of amides is 1. The molecule has 114 valence electrons. The van der Waals surface area contributed by atoms with Crippen LogP contribution in [0.15, 0.2) is 5.16 Å². The number of carbonyl (C=O) groups excluding carboxylic acids is 1. The zero-order valence-corrected chi connectivity index (χ0v) is 12.3. The van der Waals surface area contributed by atoms with Crippen LogP contribution in [0.3, 0.4) is 0 Å². The smallest absolute Gasteiger partial charge is 0.308 e. The largest absolute Gasteiger partial charge is 0.481 e. The Balaban J connectivity index is 1.50. The van der Waals surface area contributed by atoms with Crippen molar-refractivity contribution in [3.8, 4) is 0 Å². The number of aromatic nitrogens is 4. The summed E-state index contributed by atoms with van der Waals surface area (Å²) in [6, 6.07) is 0.117. The van der Waals surface area contributed by atoms with E-state index in [2.05, 4.69) is 20.8 Å². The van der Waals surface area contributed by atoms with Crippen LogP contribution in [-0.2, 0) is 9.59 Å². The van der Waals surface area contributed by atoms with Crippen molar-refractivity contribution >= 4 is 23.6 Å². The molecule has 8 nitrogen and oxygen atoms in total. The first-order valence-electron chi connectivity index (χ1n) is 7.08. The number of carboxylic acid groups (broad SMARTS) is 1. The average Bonchev–Trinajstić information content (AvgIpc) is 3.00. The van der Waals surface area contributed by atoms with Crippen molar-refractivity contribution < 1.29 is 14.7 Å². The molecule has 2 fully saturated rings.